The van der Waals surface area contributed by atoms with Crippen molar-refractivity contribution < 1.29 is 19.5 Å². The highest BCUT2D eigenvalue weighted by Gasteiger charge is 2.13. The summed E-state index contributed by atoms with van der Waals surface area (Å²) in [6, 6.07) is 1.55. The Hall–Kier alpha value is -2.70. The van der Waals surface area contributed by atoms with E-state index in [0.29, 0.717) is 11.1 Å². The minimum absolute atomic E-state index is 0.147. The van der Waals surface area contributed by atoms with Crippen LogP contribution < -0.4 is 5.32 Å². The van der Waals surface area contributed by atoms with Crippen LogP contribution in [0, 0.1) is 0 Å². The van der Waals surface area contributed by atoms with Crippen molar-refractivity contribution in [2.75, 3.05) is 20.6 Å². The van der Waals surface area contributed by atoms with Gasteiger partial charge < -0.3 is 15.3 Å². The third-order valence-electron chi connectivity index (χ3n) is 2.72. The van der Waals surface area contributed by atoms with Crippen molar-refractivity contribution in [3.05, 3.63) is 35.7 Å². The van der Waals surface area contributed by atoms with Gasteiger partial charge in [0, 0.05) is 45.5 Å². The van der Waals surface area contributed by atoms with Gasteiger partial charge in [0.15, 0.2) is 0 Å². The van der Waals surface area contributed by atoms with Gasteiger partial charge >= 0.3 is 5.97 Å². The van der Waals surface area contributed by atoms with E-state index in [1.54, 1.807) is 13.1 Å². The molecule has 2 amide bonds. The van der Waals surface area contributed by atoms with Crippen LogP contribution in [-0.4, -0.2) is 53.4 Å². The number of carbonyl (C=O) groups is 3. The summed E-state index contributed by atoms with van der Waals surface area (Å²) < 4.78 is 0. The number of carboxylic acids is 1. The molecule has 0 aliphatic heterocycles. The number of hydrogen-bond acceptors (Lipinski definition) is 4. The summed E-state index contributed by atoms with van der Waals surface area (Å²) in [5, 5.41) is 11.0. The Morgan fingerprint density at radius 3 is 2.71 bits per heavy atom. The van der Waals surface area contributed by atoms with E-state index in [1.165, 1.54) is 30.4 Å². The highest BCUT2D eigenvalue weighted by atomic mass is 16.4. The molecule has 1 aromatic rings. The quantitative estimate of drug-likeness (QED) is 0.738. The number of hydrogen-bond donors (Lipinski definition) is 2. The molecule has 0 radical (unpaired) electrons. The Kier molecular flexibility index (Phi) is 6.06. The average Bonchev–Trinajstić information content (AvgIpc) is 2.49. The molecule has 1 rings (SSSR count). The Labute approximate surface area is 122 Å². The Morgan fingerprint density at radius 1 is 1.38 bits per heavy atom. The van der Waals surface area contributed by atoms with Gasteiger partial charge in [-0.3, -0.25) is 14.6 Å². The molecule has 1 heterocycles. The van der Waals surface area contributed by atoms with Crippen molar-refractivity contribution in [1.82, 2.24) is 15.2 Å². The highest BCUT2D eigenvalue weighted by molar-refractivity contribution is 5.95. The van der Waals surface area contributed by atoms with Crippen molar-refractivity contribution in [2.45, 2.75) is 6.42 Å². The number of amides is 2. The number of carboxylic acid groups (broad SMARTS) is 1. The first-order chi connectivity index (χ1) is 9.93. The zero-order valence-electron chi connectivity index (χ0n) is 11.9. The smallest absolute Gasteiger partial charge is 0.328 e. The SMILES string of the molecule is CNC(=O)CCN(C)C(=O)c1cncc(/C=C/C(=O)O)c1. The summed E-state index contributed by atoms with van der Waals surface area (Å²) in [6.07, 6.45) is 5.40. The molecule has 0 atom stereocenters. The van der Waals surface area contributed by atoms with Gasteiger partial charge in [-0.25, -0.2) is 4.79 Å². The van der Waals surface area contributed by atoms with Crippen LogP contribution in [0.15, 0.2) is 24.5 Å². The minimum Gasteiger partial charge on any atom is -0.478 e. The fraction of sp³-hybridized carbons (Fsp3) is 0.286. The number of carbonyl (C=O) groups excluding carboxylic acids is 2. The van der Waals surface area contributed by atoms with Crippen LogP contribution in [-0.2, 0) is 9.59 Å². The number of rotatable bonds is 6. The number of nitrogens with one attached hydrogen (secondary N) is 1. The second-order valence-corrected chi connectivity index (χ2v) is 4.33. The predicted molar refractivity (Wildman–Crippen MR) is 76.6 cm³/mol. The van der Waals surface area contributed by atoms with Crippen LogP contribution in [0.5, 0.6) is 0 Å². The number of nitrogens with zero attached hydrogens (tertiary/aromatic N) is 2. The van der Waals surface area contributed by atoms with Gasteiger partial charge in [0.2, 0.25) is 5.91 Å². The molecule has 0 aliphatic carbocycles. The van der Waals surface area contributed by atoms with Crippen LogP contribution in [0.3, 0.4) is 0 Å². The summed E-state index contributed by atoms with van der Waals surface area (Å²) in [7, 11) is 3.12. The van der Waals surface area contributed by atoms with Gasteiger partial charge in [0.05, 0.1) is 5.56 Å². The van der Waals surface area contributed by atoms with Crippen molar-refractivity contribution in [1.29, 1.82) is 0 Å². The topological polar surface area (TPSA) is 99.6 Å². The van der Waals surface area contributed by atoms with Crippen molar-refractivity contribution in [3.63, 3.8) is 0 Å². The molecule has 2 N–H and O–H groups in total. The van der Waals surface area contributed by atoms with Gasteiger partial charge in [-0.1, -0.05) is 0 Å². The highest BCUT2D eigenvalue weighted by Crippen LogP contribution is 2.08. The first-order valence-corrected chi connectivity index (χ1v) is 6.26. The van der Waals surface area contributed by atoms with E-state index in [2.05, 4.69) is 10.3 Å². The van der Waals surface area contributed by atoms with Crippen LogP contribution in [0.1, 0.15) is 22.3 Å². The van der Waals surface area contributed by atoms with E-state index in [4.69, 9.17) is 5.11 Å². The first kappa shape index (κ1) is 16.4. The minimum atomic E-state index is -1.07. The third-order valence-corrected chi connectivity index (χ3v) is 2.72. The maximum absolute atomic E-state index is 12.1. The van der Waals surface area contributed by atoms with Gasteiger partial charge in [-0.2, -0.15) is 0 Å². The molecule has 7 heteroatoms. The molecule has 0 unspecified atom stereocenters. The molecular formula is C14H17N3O4. The molecule has 112 valence electrons. The lowest BCUT2D eigenvalue weighted by Gasteiger charge is -2.16. The van der Waals surface area contributed by atoms with Gasteiger partial charge in [-0.15, -0.1) is 0 Å². The number of pyridine rings is 1. The molecule has 7 nitrogen and oxygen atoms in total. The van der Waals surface area contributed by atoms with Gasteiger partial charge in [-0.05, 0) is 17.7 Å². The maximum atomic E-state index is 12.1. The third kappa shape index (κ3) is 5.43. The fourth-order valence-electron chi connectivity index (χ4n) is 1.55. The van der Waals surface area contributed by atoms with E-state index in [-0.39, 0.29) is 24.8 Å². The number of aromatic nitrogens is 1. The second kappa shape index (κ2) is 7.78. The van der Waals surface area contributed by atoms with E-state index in [1.807, 2.05) is 0 Å². The molecule has 0 saturated heterocycles. The first-order valence-electron chi connectivity index (χ1n) is 6.26. The van der Waals surface area contributed by atoms with E-state index in [0.717, 1.165) is 6.08 Å². The zero-order valence-corrected chi connectivity index (χ0v) is 11.9. The normalized spacial score (nSPS) is 10.4. The Morgan fingerprint density at radius 2 is 2.10 bits per heavy atom. The molecule has 0 bridgehead atoms. The maximum Gasteiger partial charge on any atom is 0.328 e. The van der Waals surface area contributed by atoms with Crippen LogP contribution >= 0.6 is 0 Å². The summed E-state index contributed by atoms with van der Waals surface area (Å²) in [5.74, 6) is -1.50. The molecular weight excluding hydrogens is 274 g/mol. The monoisotopic (exact) mass is 291 g/mol. The molecule has 21 heavy (non-hydrogen) atoms. The van der Waals surface area contributed by atoms with E-state index in [9.17, 15) is 14.4 Å². The summed E-state index contributed by atoms with van der Waals surface area (Å²) in [6.45, 7) is 0.285. The lowest BCUT2D eigenvalue weighted by Crippen LogP contribution is -2.31. The van der Waals surface area contributed by atoms with Crippen molar-refractivity contribution >= 4 is 23.9 Å². The largest absolute Gasteiger partial charge is 0.478 e. The molecule has 0 fully saturated rings. The van der Waals surface area contributed by atoms with E-state index < -0.39 is 5.97 Å². The molecule has 0 spiro atoms. The molecule has 0 aliphatic rings. The standard InChI is InChI=1S/C14H17N3O4/c1-15-12(18)5-6-17(2)14(21)11-7-10(8-16-9-11)3-4-13(19)20/h3-4,7-9H,5-6H2,1-2H3,(H,15,18)(H,19,20)/b4-3+. The zero-order chi connectivity index (χ0) is 15.8. The fourth-order valence-corrected chi connectivity index (χ4v) is 1.55. The average molecular weight is 291 g/mol. The lowest BCUT2D eigenvalue weighted by molar-refractivity contribution is -0.131. The molecule has 0 saturated carbocycles. The Balaban J connectivity index is 2.75. The van der Waals surface area contributed by atoms with E-state index >= 15 is 0 Å². The summed E-state index contributed by atoms with van der Waals surface area (Å²) in [5.41, 5.74) is 0.852. The summed E-state index contributed by atoms with van der Waals surface area (Å²) >= 11 is 0. The van der Waals surface area contributed by atoms with Crippen LogP contribution in [0.4, 0.5) is 0 Å². The van der Waals surface area contributed by atoms with Gasteiger partial charge in [0.1, 0.15) is 0 Å². The van der Waals surface area contributed by atoms with Crippen molar-refractivity contribution in [2.24, 2.45) is 0 Å². The summed E-state index contributed by atoms with van der Waals surface area (Å²) in [4.78, 5) is 39.1. The lowest BCUT2D eigenvalue weighted by atomic mass is 10.1. The van der Waals surface area contributed by atoms with Gasteiger partial charge in [0.25, 0.3) is 5.91 Å². The predicted octanol–water partition coefficient (Wildman–Crippen LogP) is 0.387. The van der Waals surface area contributed by atoms with Crippen LogP contribution in [0.25, 0.3) is 6.08 Å². The second-order valence-electron chi connectivity index (χ2n) is 4.33. The Bertz CT molecular complexity index is 569. The van der Waals surface area contributed by atoms with Crippen LogP contribution in [0.2, 0.25) is 0 Å². The molecule has 0 aromatic carbocycles. The molecule has 1 aromatic heterocycles. The number of aliphatic carboxylic acids is 1. The van der Waals surface area contributed by atoms with Crippen molar-refractivity contribution in [3.8, 4) is 0 Å².